The summed E-state index contributed by atoms with van der Waals surface area (Å²) in [5.74, 6) is 2.45. The molecule has 4 rings (SSSR count). The van der Waals surface area contributed by atoms with Gasteiger partial charge in [0.2, 0.25) is 5.91 Å². The zero-order valence-corrected chi connectivity index (χ0v) is 15.6. The summed E-state index contributed by atoms with van der Waals surface area (Å²) >= 11 is 0. The lowest BCUT2D eigenvalue weighted by Crippen LogP contribution is -2.37. The second-order valence-electron chi connectivity index (χ2n) is 7.64. The van der Waals surface area contributed by atoms with Gasteiger partial charge in [0, 0.05) is 43.9 Å². The number of pyridine rings is 1. The van der Waals surface area contributed by atoms with Crippen molar-refractivity contribution in [3.63, 3.8) is 0 Å². The Hall–Kier alpha value is -2.28. The number of rotatable bonds is 6. The molecule has 2 aliphatic rings. The van der Waals surface area contributed by atoms with Crippen molar-refractivity contribution >= 4 is 5.91 Å². The van der Waals surface area contributed by atoms with Crippen LogP contribution < -0.4 is 5.32 Å². The van der Waals surface area contributed by atoms with E-state index in [9.17, 15) is 4.79 Å². The molecule has 138 valence electrons. The van der Waals surface area contributed by atoms with Crippen molar-refractivity contribution in [2.45, 2.75) is 63.7 Å². The number of carbonyl (C=O) groups excluding carboxylic acids is 1. The quantitative estimate of drug-likeness (QED) is 0.858. The van der Waals surface area contributed by atoms with Crippen LogP contribution in [-0.4, -0.2) is 42.6 Å². The molecular weight excluding hydrogens is 328 g/mol. The molecule has 1 saturated heterocycles. The molecule has 0 unspecified atom stereocenters. The Morgan fingerprint density at radius 3 is 2.73 bits per heavy atom. The number of nitrogens with zero attached hydrogens (tertiary/aromatic N) is 5. The van der Waals surface area contributed by atoms with Gasteiger partial charge in [0.15, 0.2) is 0 Å². The molecule has 2 aromatic heterocycles. The molecule has 1 N–H and O–H groups in total. The summed E-state index contributed by atoms with van der Waals surface area (Å²) in [4.78, 5) is 19.0. The predicted molar refractivity (Wildman–Crippen MR) is 97.2 cm³/mol. The highest BCUT2D eigenvalue weighted by Crippen LogP contribution is 2.41. The number of hydrogen-bond acceptors (Lipinski definition) is 5. The average Bonchev–Trinajstić information content (AvgIpc) is 3.31. The van der Waals surface area contributed by atoms with E-state index in [2.05, 4.69) is 45.3 Å². The van der Waals surface area contributed by atoms with Gasteiger partial charge in [-0.3, -0.25) is 9.78 Å². The topological polar surface area (TPSA) is 75.9 Å². The van der Waals surface area contributed by atoms with Crippen LogP contribution in [0.5, 0.6) is 0 Å². The molecule has 0 radical (unpaired) electrons. The Labute approximate surface area is 153 Å². The van der Waals surface area contributed by atoms with Crippen molar-refractivity contribution in [2.24, 2.45) is 7.05 Å². The summed E-state index contributed by atoms with van der Waals surface area (Å²) < 4.78 is 2.05. The molecule has 3 heterocycles. The number of aromatic nitrogens is 4. The summed E-state index contributed by atoms with van der Waals surface area (Å²) in [5, 5.41) is 12.2. The first-order valence-corrected chi connectivity index (χ1v) is 9.39. The molecule has 2 atom stereocenters. The Morgan fingerprint density at radius 2 is 2.12 bits per heavy atom. The molecule has 2 fully saturated rings. The second kappa shape index (κ2) is 6.79. The van der Waals surface area contributed by atoms with E-state index in [1.807, 2.05) is 23.9 Å². The van der Waals surface area contributed by atoms with E-state index >= 15 is 0 Å². The van der Waals surface area contributed by atoms with Crippen molar-refractivity contribution in [2.75, 3.05) is 0 Å². The fraction of sp³-hybridized carbons (Fsp3) is 0.579. The predicted octanol–water partition coefficient (Wildman–Crippen LogP) is 1.93. The van der Waals surface area contributed by atoms with Crippen molar-refractivity contribution in [3.8, 4) is 0 Å². The monoisotopic (exact) mass is 354 g/mol. The van der Waals surface area contributed by atoms with Crippen LogP contribution in [0.4, 0.5) is 0 Å². The van der Waals surface area contributed by atoms with Gasteiger partial charge in [-0.1, -0.05) is 19.9 Å². The van der Waals surface area contributed by atoms with Crippen LogP contribution in [0.1, 0.15) is 62.3 Å². The number of likely N-dealkylation sites (tertiary alicyclic amines) is 1. The Kier molecular flexibility index (Phi) is 4.48. The minimum Gasteiger partial charge on any atom is -0.331 e. The van der Waals surface area contributed by atoms with Gasteiger partial charge in [0.1, 0.15) is 11.6 Å². The molecule has 0 bridgehead atoms. The van der Waals surface area contributed by atoms with E-state index in [-0.39, 0.29) is 18.0 Å². The van der Waals surface area contributed by atoms with Crippen molar-refractivity contribution in [1.82, 2.24) is 30.0 Å². The SMILES string of the molecule is CC(C)c1nnc(CN[C@@H]2CC(=O)N(C3CC3)[C@H]2c2cccnc2)n1C. The molecule has 1 aliphatic carbocycles. The van der Waals surface area contributed by atoms with Gasteiger partial charge in [-0.05, 0) is 24.5 Å². The van der Waals surface area contributed by atoms with Gasteiger partial charge in [-0.2, -0.15) is 0 Å². The van der Waals surface area contributed by atoms with Crippen molar-refractivity contribution in [1.29, 1.82) is 0 Å². The zero-order valence-electron chi connectivity index (χ0n) is 15.6. The van der Waals surface area contributed by atoms with Crippen molar-refractivity contribution in [3.05, 3.63) is 41.7 Å². The summed E-state index contributed by atoms with van der Waals surface area (Å²) in [6, 6.07) is 4.51. The van der Waals surface area contributed by atoms with Gasteiger partial charge in [0.25, 0.3) is 0 Å². The second-order valence-corrected chi connectivity index (χ2v) is 7.64. The van der Waals surface area contributed by atoms with Crippen LogP contribution >= 0.6 is 0 Å². The van der Waals surface area contributed by atoms with E-state index in [0.717, 1.165) is 30.1 Å². The molecule has 0 spiro atoms. The summed E-state index contributed by atoms with van der Waals surface area (Å²) in [7, 11) is 2.00. The molecule has 26 heavy (non-hydrogen) atoms. The van der Waals surface area contributed by atoms with Crippen LogP contribution in [0.15, 0.2) is 24.5 Å². The van der Waals surface area contributed by atoms with E-state index in [0.29, 0.717) is 24.9 Å². The Balaban J connectivity index is 1.54. The molecule has 7 nitrogen and oxygen atoms in total. The maximum absolute atomic E-state index is 12.7. The molecule has 1 amide bonds. The molecule has 0 aromatic carbocycles. The largest absolute Gasteiger partial charge is 0.331 e. The summed E-state index contributed by atoms with van der Waals surface area (Å²) in [6.07, 6.45) is 6.39. The highest BCUT2D eigenvalue weighted by Gasteiger charge is 2.47. The number of hydrogen-bond donors (Lipinski definition) is 1. The lowest BCUT2D eigenvalue weighted by molar-refractivity contribution is -0.129. The van der Waals surface area contributed by atoms with Gasteiger partial charge < -0.3 is 14.8 Å². The lowest BCUT2D eigenvalue weighted by Gasteiger charge is -2.29. The van der Waals surface area contributed by atoms with Crippen LogP contribution in [0.25, 0.3) is 0 Å². The number of carbonyl (C=O) groups is 1. The summed E-state index contributed by atoms with van der Waals surface area (Å²) in [6.45, 7) is 4.83. The van der Waals surface area contributed by atoms with E-state index in [1.165, 1.54) is 0 Å². The average molecular weight is 354 g/mol. The molecule has 1 saturated carbocycles. The lowest BCUT2D eigenvalue weighted by atomic mass is 10.0. The maximum atomic E-state index is 12.7. The van der Waals surface area contributed by atoms with Gasteiger partial charge in [0.05, 0.1) is 12.6 Å². The number of nitrogens with one attached hydrogen (secondary N) is 1. The smallest absolute Gasteiger partial charge is 0.225 e. The van der Waals surface area contributed by atoms with Gasteiger partial charge >= 0.3 is 0 Å². The molecule has 2 aromatic rings. The van der Waals surface area contributed by atoms with Crippen molar-refractivity contribution < 1.29 is 4.79 Å². The molecule has 7 heteroatoms. The summed E-state index contributed by atoms with van der Waals surface area (Å²) in [5.41, 5.74) is 1.10. The third-order valence-corrected chi connectivity index (χ3v) is 5.37. The zero-order chi connectivity index (χ0) is 18.3. The minimum absolute atomic E-state index is 0.0431. The number of amides is 1. The third-order valence-electron chi connectivity index (χ3n) is 5.37. The fourth-order valence-electron chi connectivity index (χ4n) is 3.92. The van der Waals surface area contributed by atoms with Crippen LogP contribution in [-0.2, 0) is 18.4 Å². The Morgan fingerprint density at radius 1 is 1.31 bits per heavy atom. The van der Waals surface area contributed by atoms with Gasteiger partial charge in [-0.15, -0.1) is 10.2 Å². The first kappa shape index (κ1) is 17.1. The normalized spacial score (nSPS) is 23.2. The standard InChI is InChI=1S/C19H26N6O/c1-12(2)19-23-22-16(24(19)3)11-21-15-9-17(26)25(14-6-7-14)18(15)13-5-4-8-20-10-13/h4-5,8,10,12,14-15,18,21H,6-7,9,11H2,1-3H3/t15-,18+/m1/s1. The van der Waals surface area contributed by atoms with Gasteiger partial charge in [-0.25, -0.2) is 0 Å². The highest BCUT2D eigenvalue weighted by atomic mass is 16.2. The minimum atomic E-state index is 0.0431. The van der Waals surface area contributed by atoms with Crippen LogP contribution in [0, 0.1) is 0 Å². The third kappa shape index (κ3) is 3.11. The highest BCUT2D eigenvalue weighted by molar-refractivity contribution is 5.81. The molecule has 1 aliphatic heterocycles. The maximum Gasteiger partial charge on any atom is 0.225 e. The first-order valence-electron chi connectivity index (χ1n) is 9.39. The van der Waals surface area contributed by atoms with Crippen LogP contribution in [0.2, 0.25) is 0 Å². The van der Waals surface area contributed by atoms with E-state index in [1.54, 1.807) is 6.20 Å². The van der Waals surface area contributed by atoms with Crippen LogP contribution in [0.3, 0.4) is 0 Å². The van der Waals surface area contributed by atoms with E-state index < -0.39 is 0 Å². The fourth-order valence-corrected chi connectivity index (χ4v) is 3.92. The molecular formula is C19H26N6O. The Bertz CT molecular complexity index is 783. The van der Waals surface area contributed by atoms with E-state index in [4.69, 9.17) is 0 Å². The first-order chi connectivity index (χ1) is 12.6.